The molecule has 0 radical (unpaired) electrons. The average molecular weight is 208 g/mol. The van der Waals surface area contributed by atoms with Crippen LogP contribution in [0.4, 0.5) is 0 Å². The van der Waals surface area contributed by atoms with Crippen LogP contribution in [-0.2, 0) is 13.0 Å². The van der Waals surface area contributed by atoms with E-state index >= 15 is 0 Å². The van der Waals surface area contributed by atoms with Gasteiger partial charge in [-0.05, 0) is 12.5 Å². The fourth-order valence-corrected chi connectivity index (χ4v) is 2.34. The van der Waals surface area contributed by atoms with Gasteiger partial charge in [0.2, 0.25) is 0 Å². The highest BCUT2D eigenvalue weighted by Gasteiger charge is 2.10. The molecule has 0 aromatic carbocycles. The lowest BCUT2D eigenvalue weighted by molar-refractivity contribution is 0.568. The summed E-state index contributed by atoms with van der Waals surface area (Å²) in [5, 5.41) is 0.996. The molecule has 0 saturated carbocycles. The van der Waals surface area contributed by atoms with Crippen LogP contribution in [0, 0.1) is 0 Å². The summed E-state index contributed by atoms with van der Waals surface area (Å²) in [6.07, 6.45) is 4.30. The number of aryl methyl sites for hydroxylation is 1. The minimum atomic E-state index is 0.568. The molecule has 14 heavy (non-hydrogen) atoms. The summed E-state index contributed by atoms with van der Waals surface area (Å²) in [5.41, 5.74) is 7.78. The van der Waals surface area contributed by atoms with Crippen molar-refractivity contribution in [1.29, 1.82) is 0 Å². The lowest BCUT2D eigenvalue weighted by atomic mass is 10.3. The number of rotatable bonds is 3. The van der Waals surface area contributed by atoms with Crippen LogP contribution >= 0.6 is 11.3 Å². The van der Waals surface area contributed by atoms with Crippen LogP contribution in [0.5, 0.6) is 0 Å². The van der Waals surface area contributed by atoms with Gasteiger partial charge in [0, 0.05) is 17.0 Å². The largest absolute Gasteiger partial charge is 0.472 e. The normalized spacial score (nSPS) is 10.7. The molecule has 2 N–H and O–H groups in total. The topological polar surface area (TPSA) is 52.0 Å². The van der Waals surface area contributed by atoms with Crippen molar-refractivity contribution in [1.82, 2.24) is 4.98 Å². The number of hydrogen-bond donors (Lipinski definition) is 1. The highest BCUT2D eigenvalue weighted by molar-refractivity contribution is 7.15. The molecule has 0 saturated heterocycles. The Morgan fingerprint density at radius 1 is 1.57 bits per heavy atom. The number of thiazole rings is 1. The van der Waals surface area contributed by atoms with E-state index in [2.05, 4.69) is 11.9 Å². The first kappa shape index (κ1) is 9.43. The summed E-state index contributed by atoms with van der Waals surface area (Å²) in [7, 11) is 0. The number of nitrogens with zero attached hydrogens (tertiary/aromatic N) is 1. The van der Waals surface area contributed by atoms with E-state index < -0.39 is 0 Å². The van der Waals surface area contributed by atoms with Crippen molar-refractivity contribution in [3.05, 3.63) is 29.2 Å². The maximum Gasteiger partial charge on any atom is 0.127 e. The molecule has 4 heteroatoms. The van der Waals surface area contributed by atoms with E-state index in [1.54, 1.807) is 23.9 Å². The van der Waals surface area contributed by atoms with Crippen LogP contribution < -0.4 is 5.73 Å². The lowest BCUT2D eigenvalue weighted by Gasteiger charge is -1.91. The zero-order valence-electron chi connectivity index (χ0n) is 7.99. The molecule has 0 unspecified atom stereocenters. The fourth-order valence-electron chi connectivity index (χ4n) is 1.33. The quantitative estimate of drug-likeness (QED) is 0.842. The zero-order valence-corrected chi connectivity index (χ0v) is 8.80. The predicted octanol–water partition coefficient (Wildman–Crippen LogP) is 2.42. The van der Waals surface area contributed by atoms with Crippen LogP contribution in [0.3, 0.4) is 0 Å². The third-order valence-corrected chi connectivity index (χ3v) is 3.24. The lowest BCUT2D eigenvalue weighted by Crippen LogP contribution is -1.96. The molecule has 0 aliphatic carbocycles. The molecule has 2 aromatic rings. The second kappa shape index (κ2) is 3.94. The molecular weight excluding hydrogens is 196 g/mol. The van der Waals surface area contributed by atoms with Gasteiger partial charge in [0.15, 0.2) is 0 Å². The fraction of sp³-hybridized carbons (Fsp3) is 0.300. The maximum absolute atomic E-state index is 5.64. The first-order valence-corrected chi connectivity index (χ1v) is 5.38. The zero-order chi connectivity index (χ0) is 9.97. The summed E-state index contributed by atoms with van der Waals surface area (Å²) in [6.45, 7) is 2.66. The minimum absolute atomic E-state index is 0.568. The highest BCUT2D eigenvalue weighted by atomic mass is 32.1. The first-order valence-electron chi connectivity index (χ1n) is 4.56. The maximum atomic E-state index is 5.64. The molecule has 0 amide bonds. The molecule has 0 aliphatic rings. The Morgan fingerprint density at radius 2 is 2.43 bits per heavy atom. The third-order valence-electron chi connectivity index (χ3n) is 2.07. The summed E-state index contributed by atoms with van der Waals surface area (Å²) < 4.78 is 5.02. The van der Waals surface area contributed by atoms with E-state index in [4.69, 9.17) is 10.2 Å². The van der Waals surface area contributed by atoms with Crippen LogP contribution in [0.15, 0.2) is 23.0 Å². The van der Waals surface area contributed by atoms with Crippen molar-refractivity contribution in [2.24, 2.45) is 5.73 Å². The number of aromatic nitrogens is 1. The monoisotopic (exact) mass is 208 g/mol. The van der Waals surface area contributed by atoms with Crippen LogP contribution in [0.25, 0.3) is 10.6 Å². The van der Waals surface area contributed by atoms with E-state index in [-0.39, 0.29) is 0 Å². The molecular formula is C10H12N2OS. The van der Waals surface area contributed by atoms with Crippen molar-refractivity contribution in [3.8, 4) is 10.6 Å². The van der Waals surface area contributed by atoms with Gasteiger partial charge >= 0.3 is 0 Å². The SMILES string of the molecule is CCc1nc(-c2ccoc2)sc1CN. The van der Waals surface area contributed by atoms with Gasteiger partial charge in [0.05, 0.1) is 12.0 Å². The van der Waals surface area contributed by atoms with Gasteiger partial charge in [-0.2, -0.15) is 0 Å². The van der Waals surface area contributed by atoms with Crippen LogP contribution in [0.2, 0.25) is 0 Å². The smallest absolute Gasteiger partial charge is 0.127 e. The number of hydrogen-bond acceptors (Lipinski definition) is 4. The van der Waals surface area contributed by atoms with E-state index in [1.165, 1.54) is 4.88 Å². The number of nitrogens with two attached hydrogens (primary N) is 1. The summed E-state index contributed by atoms with van der Waals surface area (Å²) in [6, 6.07) is 1.92. The Morgan fingerprint density at radius 3 is 2.93 bits per heavy atom. The number of furan rings is 1. The molecule has 0 spiro atoms. The summed E-state index contributed by atoms with van der Waals surface area (Å²) >= 11 is 1.65. The Bertz CT molecular complexity index is 384. The van der Waals surface area contributed by atoms with Crippen molar-refractivity contribution in [2.75, 3.05) is 0 Å². The van der Waals surface area contributed by atoms with Crippen LogP contribution in [-0.4, -0.2) is 4.98 Å². The Hall–Kier alpha value is -1.13. The molecule has 2 aromatic heterocycles. The standard InChI is InChI=1S/C10H12N2OS/c1-2-8-9(5-11)14-10(12-8)7-3-4-13-6-7/h3-4,6H,2,5,11H2,1H3. The first-order chi connectivity index (χ1) is 6.85. The Kier molecular flexibility index (Phi) is 2.65. The summed E-state index contributed by atoms with van der Waals surface area (Å²) in [5.74, 6) is 0. The second-order valence-corrected chi connectivity index (χ2v) is 4.04. The van der Waals surface area contributed by atoms with Gasteiger partial charge in [-0.1, -0.05) is 6.92 Å². The van der Waals surface area contributed by atoms with Crippen molar-refractivity contribution >= 4 is 11.3 Å². The minimum Gasteiger partial charge on any atom is -0.472 e. The molecule has 2 heterocycles. The van der Waals surface area contributed by atoms with Crippen LogP contribution in [0.1, 0.15) is 17.5 Å². The molecule has 0 fully saturated rings. The van der Waals surface area contributed by atoms with Crippen molar-refractivity contribution in [2.45, 2.75) is 19.9 Å². The van der Waals surface area contributed by atoms with Crippen molar-refractivity contribution in [3.63, 3.8) is 0 Å². The van der Waals surface area contributed by atoms with E-state index in [0.717, 1.165) is 22.7 Å². The van der Waals surface area contributed by atoms with E-state index in [9.17, 15) is 0 Å². The van der Waals surface area contributed by atoms with Gasteiger partial charge in [-0.25, -0.2) is 4.98 Å². The van der Waals surface area contributed by atoms with Gasteiger partial charge < -0.3 is 10.2 Å². The van der Waals surface area contributed by atoms with Gasteiger partial charge in [0.1, 0.15) is 11.3 Å². The average Bonchev–Trinajstić information content (AvgIpc) is 2.85. The predicted molar refractivity (Wildman–Crippen MR) is 57.1 cm³/mol. The molecule has 74 valence electrons. The Balaban J connectivity index is 2.41. The third kappa shape index (κ3) is 1.58. The molecule has 2 rings (SSSR count). The van der Waals surface area contributed by atoms with Gasteiger partial charge in [0.25, 0.3) is 0 Å². The Labute approximate surface area is 86.6 Å². The van der Waals surface area contributed by atoms with E-state index in [1.807, 2.05) is 6.07 Å². The molecule has 0 bridgehead atoms. The van der Waals surface area contributed by atoms with Gasteiger partial charge in [-0.15, -0.1) is 11.3 Å². The highest BCUT2D eigenvalue weighted by Crippen LogP contribution is 2.28. The molecule has 0 aliphatic heterocycles. The summed E-state index contributed by atoms with van der Waals surface area (Å²) in [4.78, 5) is 5.69. The van der Waals surface area contributed by atoms with Gasteiger partial charge in [-0.3, -0.25) is 0 Å². The molecule has 3 nitrogen and oxygen atoms in total. The van der Waals surface area contributed by atoms with E-state index in [0.29, 0.717) is 6.54 Å². The van der Waals surface area contributed by atoms with Crippen molar-refractivity contribution < 1.29 is 4.42 Å². The second-order valence-electron chi connectivity index (χ2n) is 2.96. The molecule has 0 atom stereocenters.